The Labute approximate surface area is 185 Å². The van der Waals surface area contributed by atoms with Crippen molar-refractivity contribution in [3.05, 3.63) is 58.9 Å². The van der Waals surface area contributed by atoms with Crippen molar-refractivity contribution in [2.45, 2.75) is 36.1 Å². The van der Waals surface area contributed by atoms with Crippen molar-refractivity contribution in [3.63, 3.8) is 0 Å². The van der Waals surface area contributed by atoms with Gasteiger partial charge in [0.2, 0.25) is 0 Å². The maximum atomic E-state index is 13.9. The fourth-order valence-electron chi connectivity index (χ4n) is 4.54. The third-order valence-electron chi connectivity index (χ3n) is 6.28. The Kier molecular flexibility index (Phi) is 5.17. The summed E-state index contributed by atoms with van der Waals surface area (Å²) in [4.78, 5) is 11.9. The van der Waals surface area contributed by atoms with Gasteiger partial charge in [0.05, 0.1) is 17.2 Å². The largest absolute Gasteiger partial charge is 0.492 e. The van der Waals surface area contributed by atoms with E-state index in [4.69, 9.17) is 4.74 Å². The second-order valence-corrected chi connectivity index (χ2v) is 10.1. The van der Waals surface area contributed by atoms with Crippen LogP contribution >= 0.6 is 0 Å². The van der Waals surface area contributed by atoms with Gasteiger partial charge in [-0.2, -0.15) is 0 Å². The van der Waals surface area contributed by atoms with Crippen molar-refractivity contribution < 1.29 is 27.4 Å². The molecule has 1 saturated carbocycles. The molecule has 0 radical (unpaired) electrons. The topological polar surface area (TPSA) is 105 Å². The van der Waals surface area contributed by atoms with Gasteiger partial charge < -0.3 is 15.2 Å². The third kappa shape index (κ3) is 3.86. The Balaban J connectivity index is 1.51. The van der Waals surface area contributed by atoms with Crippen LogP contribution in [0.4, 0.5) is 10.1 Å². The van der Waals surface area contributed by atoms with E-state index in [1.807, 2.05) is 6.08 Å². The van der Waals surface area contributed by atoms with E-state index in [1.165, 1.54) is 12.1 Å². The molecule has 168 valence electrons. The first kappa shape index (κ1) is 21.0. The number of rotatable bonds is 6. The molecule has 2 aliphatic heterocycles. The van der Waals surface area contributed by atoms with Gasteiger partial charge in [-0.1, -0.05) is 18.2 Å². The summed E-state index contributed by atoms with van der Waals surface area (Å²) in [6.07, 6.45) is 6.29. The van der Waals surface area contributed by atoms with Crippen LogP contribution < -0.4 is 14.8 Å². The number of nitrogens with one attached hydrogen (secondary N) is 2. The number of sulfonamides is 1. The standard InChI is InChI=1S/C23H23FN2O5S/c24-15-4-8-20(13(10-15)3-5-16-2-1-9-25-16)32(29,30)26-19-7-6-17-18-11-14(18)12-31-22(17)21(19)23(27)28/h3-8,10,14,16,18,25-26H,1-2,9,11-12H2,(H,27,28)/b5-3-/t14-,16-,18-/m0/s1. The highest BCUT2D eigenvalue weighted by molar-refractivity contribution is 7.92. The summed E-state index contributed by atoms with van der Waals surface area (Å²) >= 11 is 0. The summed E-state index contributed by atoms with van der Waals surface area (Å²) in [5.41, 5.74) is 0.715. The summed E-state index contributed by atoms with van der Waals surface area (Å²) in [6, 6.07) is 6.70. The number of carboxylic acid groups (broad SMARTS) is 1. The van der Waals surface area contributed by atoms with Crippen LogP contribution in [0.2, 0.25) is 0 Å². The number of ether oxygens (including phenoxy) is 1. The van der Waals surface area contributed by atoms with Crippen LogP contribution in [0.3, 0.4) is 0 Å². The number of carboxylic acids is 1. The van der Waals surface area contributed by atoms with Gasteiger partial charge in [0.15, 0.2) is 0 Å². The normalized spacial score (nSPS) is 24.0. The van der Waals surface area contributed by atoms with Gasteiger partial charge in [0.1, 0.15) is 17.1 Å². The predicted molar refractivity (Wildman–Crippen MR) is 117 cm³/mol. The summed E-state index contributed by atoms with van der Waals surface area (Å²) in [6.45, 7) is 1.31. The average molecular weight is 459 g/mol. The van der Waals surface area contributed by atoms with Crippen LogP contribution in [0.25, 0.3) is 6.08 Å². The molecule has 0 unspecified atom stereocenters. The number of hydrogen-bond donors (Lipinski definition) is 3. The lowest BCUT2D eigenvalue weighted by molar-refractivity contribution is 0.0692. The minimum atomic E-state index is -4.20. The molecule has 1 aliphatic carbocycles. The molecule has 9 heteroatoms. The van der Waals surface area contributed by atoms with Gasteiger partial charge in [-0.05, 0) is 67.1 Å². The molecule has 32 heavy (non-hydrogen) atoms. The number of fused-ring (bicyclic) bond motifs is 3. The maximum absolute atomic E-state index is 13.9. The highest BCUT2D eigenvalue weighted by Crippen LogP contribution is 2.55. The fraction of sp³-hybridized carbons (Fsp3) is 0.348. The van der Waals surface area contributed by atoms with Gasteiger partial charge in [0, 0.05) is 12.0 Å². The number of halogens is 1. The van der Waals surface area contributed by atoms with Crippen molar-refractivity contribution in [2.24, 2.45) is 5.92 Å². The van der Waals surface area contributed by atoms with Crippen LogP contribution in [-0.2, 0) is 10.0 Å². The summed E-state index contributed by atoms with van der Waals surface area (Å²) < 4.78 is 48.4. The molecule has 3 aliphatic rings. The van der Waals surface area contributed by atoms with E-state index >= 15 is 0 Å². The zero-order chi connectivity index (χ0) is 22.5. The molecule has 2 fully saturated rings. The predicted octanol–water partition coefficient (Wildman–Crippen LogP) is 3.59. The Hall–Kier alpha value is -2.91. The van der Waals surface area contributed by atoms with Crippen molar-refractivity contribution in [1.82, 2.24) is 5.32 Å². The Morgan fingerprint density at radius 1 is 1.28 bits per heavy atom. The molecule has 5 rings (SSSR count). The van der Waals surface area contributed by atoms with E-state index in [0.29, 0.717) is 12.5 Å². The quantitative estimate of drug-likeness (QED) is 0.611. The molecule has 0 aromatic heterocycles. The van der Waals surface area contributed by atoms with E-state index < -0.39 is 21.8 Å². The number of anilines is 1. The third-order valence-corrected chi connectivity index (χ3v) is 7.72. The van der Waals surface area contributed by atoms with Crippen molar-refractivity contribution in [1.29, 1.82) is 0 Å². The van der Waals surface area contributed by atoms with Gasteiger partial charge >= 0.3 is 5.97 Å². The molecule has 0 amide bonds. The van der Waals surface area contributed by atoms with Gasteiger partial charge in [0.25, 0.3) is 10.0 Å². The molecule has 7 nitrogen and oxygen atoms in total. The van der Waals surface area contributed by atoms with Gasteiger partial charge in [-0.15, -0.1) is 0 Å². The molecule has 3 atom stereocenters. The molecule has 0 spiro atoms. The molecular weight excluding hydrogens is 435 g/mol. The number of benzene rings is 2. The van der Waals surface area contributed by atoms with Crippen molar-refractivity contribution in [2.75, 3.05) is 17.9 Å². The zero-order valence-electron chi connectivity index (χ0n) is 17.2. The molecule has 2 heterocycles. The zero-order valence-corrected chi connectivity index (χ0v) is 18.0. The molecular formula is C23H23FN2O5S. The molecule has 2 aromatic carbocycles. The Bertz CT molecular complexity index is 1220. The first-order chi connectivity index (χ1) is 15.3. The molecule has 0 bridgehead atoms. The summed E-state index contributed by atoms with van der Waals surface area (Å²) in [5, 5.41) is 13.1. The second kappa shape index (κ2) is 7.90. The van der Waals surface area contributed by atoms with Crippen LogP contribution in [0.5, 0.6) is 5.75 Å². The van der Waals surface area contributed by atoms with Crippen LogP contribution in [0.1, 0.15) is 46.7 Å². The minimum Gasteiger partial charge on any atom is -0.492 e. The molecule has 2 aromatic rings. The summed E-state index contributed by atoms with van der Waals surface area (Å²) in [5.74, 6) is -0.946. The van der Waals surface area contributed by atoms with Crippen LogP contribution in [0, 0.1) is 11.7 Å². The first-order valence-electron chi connectivity index (χ1n) is 10.6. The first-order valence-corrected chi connectivity index (χ1v) is 12.1. The van der Waals surface area contributed by atoms with Crippen LogP contribution in [0.15, 0.2) is 41.3 Å². The van der Waals surface area contributed by atoms with Crippen LogP contribution in [-0.4, -0.2) is 38.7 Å². The number of hydrogen-bond acceptors (Lipinski definition) is 5. The molecule has 1 saturated heterocycles. The highest BCUT2D eigenvalue weighted by Gasteiger charge is 2.45. The number of carbonyl (C=O) groups is 1. The average Bonchev–Trinajstić information content (AvgIpc) is 3.36. The Morgan fingerprint density at radius 3 is 2.88 bits per heavy atom. The highest BCUT2D eigenvalue weighted by atomic mass is 32.2. The fourth-order valence-corrected chi connectivity index (χ4v) is 5.79. The molecule has 3 N–H and O–H groups in total. The van der Waals surface area contributed by atoms with E-state index in [-0.39, 0.29) is 39.4 Å². The monoisotopic (exact) mass is 458 g/mol. The lowest BCUT2D eigenvalue weighted by Gasteiger charge is -2.21. The smallest absolute Gasteiger partial charge is 0.341 e. The van der Waals surface area contributed by atoms with E-state index in [0.717, 1.165) is 43.5 Å². The van der Waals surface area contributed by atoms with E-state index in [1.54, 1.807) is 12.1 Å². The lowest BCUT2D eigenvalue weighted by Crippen LogP contribution is -2.20. The van der Waals surface area contributed by atoms with E-state index in [9.17, 15) is 22.7 Å². The second-order valence-electron chi connectivity index (χ2n) is 8.47. The van der Waals surface area contributed by atoms with Gasteiger partial charge in [-0.25, -0.2) is 17.6 Å². The lowest BCUT2D eigenvalue weighted by atomic mass is 10.0. The minimum absolute atomic E-state index is 0.0768. The van der Waals surface area contributed by atoms with Crippen molar-refractivity contribution in [3.8, 4) is 5.75 Å². The maximum Gasteiger partial charge on any atom is 0.341 e. The summed E-state index contributed by atoms with van der Waals surface area (Å²) in [7, 11) is -4.20. The SMILES string of the molecule is O=C(O)c1c(NS(=O)(=O)c2ccc(F)cc2/C=C\[C@@H]2CCCN2)ccc2c1OC[C@@H]1C[C@H]21. The van der Waals surface area contributed by atoms with Gasteiger partial charge in [-0.3, -0.25) is 4.72 Å². The van der Waals surface area contributed by atoms with E-state index in [2.05, 4.69) is 10.0 Å². The van der Waals surface area contributed by atoms with Crippen molar-refractivity contribution >= 4 is 27.8 Å². The number of aromatic carboxylic acids is 1. The Morgan fingerprint density at radius 2 is 2.12 bits per heavy atom.